The smallest absolute Gasteiger partial charge is 0.282 e. The highest BCUT2D eigenvalue weighted by molar-refractivity contribution is 5.15. The van der Waals surface area contributed by atoms with E-state index in [4.69, 9.17) is 0 Å². The number of aromatic nitrogens is 2. The molecule has 0 aliphatic rings. The maximum atomic E-state index is 12.5. The van der Waals surface area contributed by atoms with E-state index in [1.807, 2.05) is 13.8 Å². The van der Waals surface area contributed by atoms with E-state index in [0.29, 0.717) is 11.6 Å². The Labute approximate surface area is 126 Å². The number of rotatable bonds is 7. The van der Waals surface area contributed by atoms with Crippen LogP contribution in [0, 0.1) is 5.92 Å². The lowest BCUT2D eigenvalue weighted by Crippen LogP contribution is -2.05. The molecule has 0 aliphatic heterocycles. The molecule has 2 unspecified atom stereocenters. The first kappa shape index (κ1) is 20.0. The number of nitrogens with zero attached hydrogens (tertiary/aromatic N) is 1. The van der Waals surface area contributed by atoms with Gasteiger partial charge in [0.25, 0.3) is 0 Å². The molecule has 2 nitrogen and oxygen atoms in total. The fourth-order valence-electron chi connectivity index (χ4n) is 2.18. The van der Waals surface area contributed by atoms with Gasteiger partial charge in [0.1, 0.15) is 0 Å². The van der Waals surface area contributed by atoms with Gasteiger partial charge in [-0.05, 0) is 24.8 Å². The van der Waals surface area contributed by atoms with Gasteiger partial charge in [0.15, 0.2) is 5.69 Å². The van der Waals surface area contributed by atoms with Crippen LogP contribution in [0.15, 0.2) is 6.07 Å². The zero-order valence-corrected chi connectivity index (χ0v) is 13.8. The highest BCUT2D eigenvalue weighted by Gasteiger charge is 2.34. The van der Waals surface area contributed by atoms with Crippen molar-refractivity contribution in [1.29, 1.82) is 0 Å². The molecule has 0 saturated heterocycles. The van der Waals surface area contributed by atoms with E-state index >= 15 is 0 Å². The number of halogens is 3. The van der Waals surface area contributed by atoms with Gasteiger partial charge in [0, 0.05) is 11.6 Å². The largest absolute Gasteiger partial charge is 0.435 e. The Morgan fingerprint density at radius 1 is 1.14 bits per heavy atom. The van der Waals surface area contributed by atoms with E-state index in [2.05, 4.69) is 31.0 Å². The molecule has 0 bridgehead atoms. The summed E-state index contributed by atoms with van der Waals surface area (Å²) in [7, 11) is 0. The van der Waals surface area contributed by atoms with Crippen molar-refractivity contribution in [2.24, 2.45) is 5.92 Å². The Morgan fingerprint density at radius 3 is 2.19 bits per heavy atom. The third-order valence-electron chi connectivity index (χ3n) is 3.67. The predicted molar refractivity (Wildman–Crippen MR) is 81.3 cm³/mol. The molecule has 0 aliphatic carbocycles. The number of hydrogen-bond acceptors (Lipinski definition) is 1. The predicted octanol–water partition coefficient (Wildman–Crippen LogP) is 6.16. The minimum atomic E-state index is -4.36. The van der Waals surface area contributed by atoms with Gasteiger partial charge in [-0.15, -0.1) is 0 Å². The summed E-state index contributed by atoms with van der Waals surface area (Å²) in [4.78, 5) is 0. The van der Waals surface area contributed by atoms with Gasteiger partial charge in [0.05, 0.1) is 0 Å². The summed E-state index contributed by atoms with van der Waals surface area (Å²) in [5.41, 5.74) is -0.190. The summed E-state index contributed by atoms with van der Waals surface area (Å²) in [6.45, 7) is 10.4. The summed E-state index contributed by atoms with van der Waals surface area (Å²) in [6.07, 6.45) is 0.573. The van der Waals surface area contributed by atoms with Crippen molar-refractivity contribution in [2.75, 3.05) is 0 Å². The van der Waals surface area contributed by atoms with Gasteiger partial charge in [-0.25, -0.2) is 0 Å². The Hall–Kier alpha value is -1.00. The summed E-state index contributed by atoms with van der Waals surface area (Å²) in [6, 6.07) is 1.16. The van der Waals surface area contributed by atoms with Crippen molar-refractivity contribution >= 4 is 0 Å². The van der Waals surface area contributed by atoms with Crippen LogP contribution < -0.4 is 0 Å². The lowest BCUT2D eigenvalue weighted by molar-refractivity contribution is -0.141. The standard InChI is InChI=1S/C14H23F3N2.C2H6/c1-4-6-11(8-7-10(3)5-2)12-9-13(19-18-12)14(15,16)17;1-2/h9-11H,4-8H2,1-3H3,(H,18,19);1-2H3. The van der Waals surface area contributed by atoms with Crippen LogP contribution in [0.25, 0.3) is 0 Å². The molecule has 0 radical (unpaired) electrons. The summed E-state index contributed by atoms with van der Waals surface area (Å²) in [5.74, 6) is 0.770. The summed E-state index contributed by atoms with van der Waals surface area (Å²) < 4.78 is 37.6. The van der Waals surface area contributed by atoms with Gasteiger partial charge < -0.3 is 0 Å². The normalized spacial score (nSPS) is 14.3. The highest BCUT2D eigenvalue weighted by Crippen LogP contribution is 2.32. The second-order valence-corrected chi connectivity index (χ2v) is 5.28. The molecule has 5 heteroatoms. The molecule has 1 N–H and O–H groups in total. The van der Waals surface area contributed by atoms with Gasteiger partial charge in [0.2, 0.25) is 0 Å². The van der Waals surface area contributed by atoms with Crippen molar-refractivity contribution < 1.29 is 13.2 Å². The van der Waals surface area contributed by atoms with Gasteiger partial charge in [-0.3, -0.25) is 5.10 Å². The Balaban J connectivity index is 0.00000191. The number of H-pyrrole nitrogens is 1. The SMILES string of the molecule is CC.CCCC(CCC(C)CC)c1cc(C(F)(F)F)n[nH]1. The molecule has 1 aromatic heterocycles. The average Bonchev–Trinajstić information content (AvgIpc) is 2.95. The number of alkyl halides is 3. The monoisotopic (exact) mass is 306 g/mol. The molecule has 0 fully saturated rings. The molecule has 0 aromatic carbocycles. The number of aromatic amines is 1. The molecule has 0 saturated carbocycles. The number of hydrogen-bond donors (Lipinski definition) is 1. The van der Waals surface area contributed by atoms with Gasteiger partial charge in [-0.1, -0.05) is 53.9 Å². The van der Waals surface area contributed by atoms with Crippen molar-refractivity contribution in [2.45, 2.75) is 78.8 Å². The minimum absolute atomic E-state index is 0.155. The quantitative estimate of drug-likeness (QED) is 0.641. The van der Waals surface area contributed by atoms with Crippen LogP contribution in [-0.2, 0) is 6.18 Å². The van der Waals surface area contributed by atoms with Crippen LogP contribution in [0.3, 0.4) is 0 Å². The first-order valence-corrected chi connectivity index (χ1v) is 8.00. The lowest BCUT2D eigenvalue weighted by atomic mass is 9.90. The third kappa shape index (κ3) is 7.00. The highest BCUT2D eigenvalue weighted by atomic mass is 19.4. The Morgan fingerprint density at radius 2 is 1.76 bits per heavy atom. The second kappa shape index (κ2) is 9.85. The van der Waals surface area contributed by atoms with Crippen molar-refractivity contribution in [3.05, 3.63) is 17.5 Å². The summed E-state index contributed by atoms with van der Waals surface area (Å²) in [5, 5.41) is 5.96. The van der Waals surface area contributed by atoms with Gasteiger partial charge in [-0.2, -0.15) is 18.3 Å². The fraction of sp³-hybridized carbons (Fsp3) is 0.812. The molecular formula is C16H29F3N2. The Bertz CT molecular complexity index is 372. The molecule has 21 heavy (non-hydrogen) atoms. The molecule has 0 spiro atoms. The molecule has 0 amide bonds. The van der Waals surface area contributed by atoms with Crippen molar-refractivity contribution in [3.8, 4) is 0 Å². The van der Waals surface area contributed by atoms with E-state index in [1.54, 1.807) is 0 Å². The number of nitrogens with one attached hydrogen (secondary N) is 1. The zero-order chi connectivity index (χ0) is 16.5. The molecule has 124 valence electrons. The van der Waals surface area contributed by atoms with E-state index in [9.17, 15) is 13.2 Å². The van der Waals surface area contributed by atoms with Crippen LogP contribution in [-0.4, -0.2) is 10.2 Å². The van der Waals surface area contributed by atoms with Crippen LogP contribution in [0.5, 0.6) is 0 Å². The first-order valence-electron chi connectivity index (χ1n) is 8.00. The lowest BCUT2D eigenvalue weighted by Gasteiger charge is -2.16. The summed E-state index contributed by atoms with van der Waals surface area (Å²) >= 11 is 0. The van der Waals surface area contributed by atoms with E-state index < -0.39 is 11.9 Å². The fourth-order valence-corrected chi connectivity index (χ4v) is 2.18. The van der Waals surface area contributed by atoms with E-state index in [1.165, 1.54) is 0 Å². The second-order valence-electron chi connectivity index (χ2n) is 5.28. The first-order chi connectivity index (χ1) is 9.88. The molecule has 2 atom stereocenters. The van der Waals surface area contributed by atoms with Crippen LogP contribution in [0.4, 0.5) is 13.2 Å². The molecule has 1 heterocycles. The van der Waals surface area contributed by atoms with Crippen molar-refractivity contribution in [3.63, 3.8) is 0 Å². The topological polar surface area (TPSA) is 28.7 Å². The average molecular weight is 306 g/mol. The van der Waals surface area contributed by atoms with Crippen LogP contribution in [0.2, 0.25) is 0 Å². The van der Waals surface area contributed by atoms with Gasteiger partial charge >= 0.3 is 6.18 Å². The van der Waals surface area contributed by atoms with Crippen molar-refractivity contribution in [1.82, 2.24) is 10.2 Å². The molecule has 1 aromatic rings. The maximum absolute atomic E-state index is 12.5. The van der Waals surface area contributed by atoms with E-state index in [0.717, 1.165) is 38.2 Å². The zero-order valence-electron chi connectivity index (χ0n) is 13.8. The third-order valence-corrected chi connectivity index (χ3v) is 3.67. The van der Waals surface area contributed by atoms with E-state index in [-0.39, 0.29) is 5.92 Å². The van der Waals surface area contributed by atoms with Crippen LogP contribution >= 0.6 is 0 Å². The van der Waals surface area contributed by atoms with Crippen LogP contribution in [0.1, 0.15) is 84.0 Å². The maximum Gasteiger partial charge on any atom is 0.435 e. The minimum Gasteiger partial charge on any atom is -0.282 e. The molecular weight excluding hydrogens is 277 g/mol. The Kier molecular flexibility index (Phi) is 9.38. The molecule has 1 rings (SSSR count).